The smallest absolute Gasteiger partial charge is 0.255 e. The molecule has 0 heterocycles. The van der Waals surface area contributed by atoms with Gasteiger partial charge in [-0.05, 0) is 42.0 Å². The minimum Gasteiger partial charge on any atom is -0.384 e. The van der Waals surface area contributed by atoms with Crippen molar-refractivity contribution in [3.05, 3.63) is 98.5 Å². The first-order valence-corrected chi connectivity index (χ1v) is 8.88. The van der Waals surface area contributed by atoms with Gasteiger partial charge in [-0.1, -0.05) is 65.1 Å². The van der Waals surface area contributed by atoms with E-state index in [0.717, 1.165) is 0 Å². The van der Waals surface area contributed by atoms with Gasteiger partial charge in [0.2, 0.25) is 0 Å². The lowest BCUT2D eigenvalue weighted by Gasteiger charge is -2.17. The Morgan fingerprint density at radius 3 is 2.31 bits per heavy atom. The Morgan fingerprint density at radius 2 is 1.62 bits per heavy atom. The Hall–Kier alpha value is -2.04. The number of anilines is 1. The van der Waals surface area contributed by atoms with Gasteiger partial charge >= 0.3 is 0 Å². The number of carbonyl (C=O) groups excluding carboxylic acids is 1. The summed E-state index contributed by atoms with van der Waals surface area (Å²) in [5.41, 5.74) is 2.01. The number of benzene rings is 3. The van der Waals surface area contributed by atoms with Crippen LogP contribution in [0.1, 0.15) is 27.6 Å². The van der Waals surface area contributed by atoms with E-state index in [0.29, 0.717) is 37.4 Å². The average molecular weight is 407 g/mol. The van der Waals surface area contributed by atoms with Crippen molar-refractivity contribution >= 4 is 46.4 Å². The van der Waals surface area contributed by atoms with Gasteiger partial charge in [-0.25, -0.2) is 0 Å². The molecule has 0 aliphatic heterocycles. The molecule has 6 heteroatoms. The molecule has 0 aromatic heterocycles. The molecule has 0 bridgehead atoms. The molecule has 0 spiro atoms. The van der Waals surface area contributed by atoms with Gasteiger partial charge in [-0.15, -0.1) is 0 Å². The number of rotatable bonds is 4. The van der Waals surface area contributed by atoms with Gasteiger partial charge in [0.1, 0.15) is 6.10 Å². The van der Waals surface area contributed by atoms with Crippen LogP contribution in [0.25, 0.3) is 0 Å². The molecule has 3 rings (SSSR count). The van der Waals surface area contributed by atoms with Gasteiger partial charge in [0.05, 0.1) is 10.0 Å². The van der Waals surface area contributed by atoms with Crippen LogP contribution in [0.15, 0.2) is 66.7 Å². The van der Waals surface area contributed by atoms with Crippen LogP contribution in [-0.4, -0.2) is 11.0 Å². The highest BCUT2D eigenvalue weighted by atomic mass is 35.5. The van der Waals surface area contributed by atoms with Crippen LogP contribution in [0.2, 0.25) is 15.1 Å². The molecular weight excluding hydrogens is 393 g/mol. The quantitative estimate of drug-likeness (QED) is 0.560. The van der Waals surface area contributed by atoms with Gasteiger partial charge < -0.3 is 10.4 Å². The zero-order valence-electron chi connectivity index (χ0n) is 13.4. The molecule has 0 aliphatic carbocycles. The van der Waals surface area contributed by atoms with Crippen molar-refractivity contribution in [1.29, 1.82) is 0 Å². The maximum absolute atomic E-state index is 12.5. The minimum atomic E-state index is -0.931. The van der Waals surface area contributed by atoms with Gasteiger partial charge in [-0.3, -0.25) is 4.79 Å². The zero-order valence-corrected chi connectivity index (χ0v) is 15.7. The second-order valence-electron chi connectivity index (χ2n) is 5.63. The summed E-state index contributed by atoms with van der Waals surface area (Å²) in [6.45, 7) is 0. The molecule has 0 fully saturated rings. The first-order chi connectivity index (χ1) is 12.5. The molecule has 3 aromatic rings. The highest BCUT2D eigenvalue weighted by Gasteiger charge is 2.17. The molecule has 132 valence electrons. The van der Waals surface area contributed by atoms with Crippen LogP contribution in [0.5, 0.6) is 0 Å². The van der Waals surface area contributed by atoms with Gasteiger partial charge in [0.25, 0.3) is 5.91 Å². The van der Waals surface area contributed by atoms with Gasteiger partial charge in [-0.2, -0.15) is 0 Å². The SMILES string of the molecule is O=C(Nc1ccc(Cl)cc1C(O)c1ccccc1)c1ccc(Cl)c(Cl)c1. The van der Waals surface area contributed by atoms with Gasteiger partial charge in [0.15, 0.2) is 0 Å². The molecule has 0 saturated carbocycles. The summed E-state index contributed by atoms with van der Waals surface area (Å²) in [5.74, 6) is -0.368. The van der Waals surface area contributed by atoms with Crippen molar-refractivity contribution in [2.24, 2.45) is 0 Å². The number of halogens is 3. The topological polar surface area (TPSA) is 49.3 Å². The third kappa shape index (κ3) is 4.19. The lowest BCUT2D eigenvalue weighted by molar-refractivity contribution is 0.102. The third-order valence-electron chi connectivity index (χ3n) is 3.85. The molecule has 26 heavy (non-hydrogen) atoms. The predicted molar refractivity (Wildman–Crippen MR) is 106 cm³/mol. The minimum absolute atomic E-state index is 0.292. The molecule has 1 atom stereocenters. The fourth-order valence-corrected chi connectivity index (χ4v) is 3.00. The Labute approximate surface area is 166 Å². The number of aliphatic hydroxyl groups is 1. The number of carbonyl (C=O) groups is 1. The van der Waals surface area contributed by atoms with Crippen LogP contribution >= 0.6 is 34.8 Å². The standard InChI is InChI=1S/C20H14Cl3NO2/c21-14-7-9-18(15(11-14)19(25)12-4-2-1-3-5-12)24-20(26)13-6-8-16(22)17(23)10-13/h1-11,19,25H,(H,24,26). The normalized spacial score (nSPS) is 11.8. The van der Waals surface area contributed by atoms with Crippen molar-refractivity contribution in [3.8, 4) is 0 Å². The first-order valence-electron chi connectivity index (χ1n) is 7.74. The number of hydrogen-bond acceptors (Lipinski definition) is 2. The number of amides is 1. The molecule has 0 aliphatic rings. The third-order valence-corrected chi connectivity index (χ3v) is 4.83. The summed E-state index contributed by atoms with van der Waals surface area (Å²) in [6.07, 6.45) is -0.931. The highest BCUT2D eigenvalue weighted by Crippen LogP contribution is 2.31. The van der Waals surface area contributed by atoms with E-state index >= 15 is 0 Å². The van der Waals surface area contributed by atoms with Crippen molar-refractivity contribution < 1.29 is 9.90 Å². The van der Waals surface area contributed by atoms with E-state index in [1.165, 1.54) is 6.07 Å². The molecule has 2 N–H and O–H groups in total. The lowest BCUT2D eigenvalue weighted by Crippen LogP contribution is -2.14. The second-order valence-corrected chi connectivity index (χ2v) is 6.88. The van der Waals surface area contributed by atoms with Gasteiger partial charge in [0, 0.05) is 21.8 Å². The van der Waals surface area contributed by atoms with Crippen LogP contribution in [0.4, 0.5) is 5.69 Å². The molecule has 1 unspecified atom stereocenters. The van der Waals surface area contributed by atoms with Crippen LogP contribution in [0.3, 0.4) is 0 Å². The Kier molecular flexibility index (Phi) is 5.84. The van der Waals surface area contributed by atoms with E-state index in [1.54, 1.807) is 42.5 Å². The van der Waals surface area contributed by atoms with Crippen LogP contribution in [-0.2, 0) is 0 Å². The van der Waals surface area contributed by atoms with Crippen molar-refractivity contribution in [1.82, 2.24) is 0 Å². The van der Waals surface area contributed by atoms with E-state index in [9.17, 15) is 9.90 Å². The Balaban J connectivity index is 1.92. The number of nitrogens with one attached hydrogen (secondary N) is 1. The molecule has 3 nitrogen and oxygen atoms in total. The van der Waals surface area contributed by atoms with Crippen molar-refractivity contribution in [2.75, 3.05) is 5.32 Å². The maximum atomic E-state index is 12.5. The van der Waals surface area contributed by atoms with E-state index in [2.05, 4.69) is 5.32 Å². The molecule has 3 aromatic carbocycles. The fourth-order valence-electron chi connectivity index (χ4n) is 2.52. The molecule has 1 amide bonds. The number of aliphatic hydroxyl groups excluding tert-OH is 1. The van der Waals surface area contributed by atoms with Crippen LogP contribution in [0, 0.1) is 0 Å². The first kappa shape index (κ1) is 18.7. The summed E-state index contributed by atoms with van der Waals surface area (Å²) >= 11 is 17.9. The second kappa shape index (κ2) is 8.11. The van der Waals surface area contributed by atoms with E-state index < -0.39 is 6.10 Å². The summed E-state index contributed by atoms with van der Waals surface area (Å²) < 4.78 is 0. The zero-order chi connectivity index (χ0) is 18.7. The molecular formula is C20H14Cl3NO2. The van der Waals surface area contributed by atoms with Crippen molar-refractivity contribution in [3.63, 3.8) is 0 Å². The fraction of sp³-hybridized carbons (Fsp3) is 0.0500. The summed E-state index contributed by atoms with van der Waals surface area (Å²) in [4.78, 5) is 12.5. The summed E-state index contributed by atoms with van der Waals surface area (Å²) in [7, 11) is 0. The maximum Gasteiger partial charge on any atom is 0.255 e. The lowest BCUT2D eigenvalue weighted by atomic mass is 9.99. The predicted octanol–water partition coefficient (Wildman–Crippen LogP) is 5.98. The van der Waals surface area contributed by atoms with E-state index in [1.807, 2.05) is 18.2 Å². The van der Waals surface area contributed by atoms with E-state index in [-0.39, 0.29) is 5.91 Å². The largest absolute Gasteiger partial charge is 0.384 e. The Morgan fingerprint density at radius 1 is 0.885 bits per heavy atom. The monoisotopic (exact) mass is 405 g/mol. The summed E-state index contributed by atoms with van der Waals surface area (Å²) in [5, 5.41) is 14.6. The molecule has 0 saturated heterocycles. The van der Waals surface area contributed by atoms with Crippen molar-refractivity contribution in [2.45, 2.75) is 6.10 Å². The van der Waals surface area contributed by atoms with E-state index in [4.69, 9.17) is 34.8 Å². The molecule has 0 radical (unpaired) electrons. The average Bonchev–Trinajstić information content (AvgIpc) is 2.65. The highest BCUT2D eigenvalue weighted by molar-refractivity contribution is 6.42. The van der Waals surface area contributed by atoms with Crippen LogP contribution < -0.4 is 5.32 Å². The number of hydrogen-bond donors (Lipinski definition) is 2. The summed E-state index contributed by atoms with van der Waals surface area (Å²) in [6, 6.07) is 18.7. The Bertz CT molecular complexity index is 945.